The number of nitrogens with one attached hydrogen (secondary N) is 1. The van der Waals surface area contributed by atoms with Crippen LogP contribution in [0, 0.1) is 0 Å². The third kappa shape index (κ3) is 1.55. The molecule has 1 N–H and O–H groups in total. The third-order valence-corrected chi connectivity index (χ3v) is 2.66. The zero-order valence-corrected chi connectivity index (χ0v) is 9.07. The Morgan fingerprint density at radius 1 is 1.12 bits per heavy atom. The first-order valence-corrected chi connectivity index (χ1v) is 5.27. The zero-order valence-electron chi connectivity index (χ0n) is 8.31. The van der Waals surface area contributed by atoms with Crippen LogP contribution in [0.2, 0.25) is 5.28 Å². The van der Waals surface area contributed by atoms with Crippen molar-refractivity contribution >= 4 is 22.5 Å². The van der Waals surface area contributed by atoms with Crippen molar-refractivity contribution in [3.8, 4) is 11.3 Å². The molecule has 0 aliphatic carbocycles. The molecule has 0 radical (unpaired) electrons. The number of aromatic amines is 1. The van der Waals surface area contributed by atoms with Crippen LogP contribution < -0.4 is 0 Å². The second-order valence-electron chi connectivity index (χ2n) is 3.49. The van der Waals surface area contributed by atoms with Gasteiger partial charge in [-0.15, -0.1) is 0 Å². The molecule has 0 fully saturated rings. The van der Waals surface area contributed by atoms with E-state index in [-0.39, 0.29) is 5.28 Å². The molecule has 16 heavy (non-hydrogen) atoms. The SMILES string of the molecule is Clc1nccc(-c2ccc3cc[nH]c3c2)n1. The van der Waals surface area contributed by atoms with Crippen molar-refractivity contribution < 1.29 is 0 Å². The Balaban J connectivity index is 2.18. The quantitative estimate of drug-likeness (QED) is 0.651. The number of rotatable bonds is 1. The van der Waals surface area contributed by atoms with Gasteiger partial charge in [0, 0.05) is 23.5 Å². The maximum absolute atomic E-state index is 5.76. The molecule has 3 rings (SSSR count). The van der Waals surface area contributed by atoms with Crippen LogP contribution in [0.15, 0.2) is 42.7 Å². The van der Waals surface area contributed by atoms with E-state index >= 15 is 0 Å². The van der Waals surface area contributed by atoms with Crippen LogP contribution >= 0.6 is 11.6 Å². The zero-order chi connectivity index (χ0) is 11.0. The van der Waals surface area contributed by atoms with Crippen molar-refractivity contribution in [3.05, 3.63) is 48.0 Å². The first-order chi connectivity index (χ1) is 7.83. The maximum atomic E-state index is 5.76. The molecule has 78 valence electrons. The fraction of sp³-hybridized carbons (Fsp3) is 0. The summed E-state index contributed by atoms with van der Waals surface area (Å²) < 4.78 is 0. The Morgan fingerprint density at radius 2 is 2.06 bits per heavy atom. The van der Waals surface area contributed by atoms with Crippen LogP contribution in [0.25, 0.3) is 22.2 Å². The average molecular weight is 230 g/mol. The Bertz CT molecular complexity index is 645. The Hall–Kier alpha value is -1.87. The predicted octanol–water partition coefficient (Wildman–Crippen LogP) is 3.28. The van der Waals surface area contributed by atoms with Crippen LogP contribution in [0.5, 0.6) is 0 Å². The number of benzene rings is 1. The van der Waals surface area contributed by atoms with Crippen molar-refractivity contribution in [3.63, 3.8) is 0 Å². The fourth-order valence-corrected chi connectivity index (χ4v) is 1.85. The summed E-state index contributed by atoms with van der Waals surface area (Å²) in [6.45, 7) is 0. The van der Waals surface area contributed by atoms with E-state index in [1.54, 1.807) is 6.20 Å². The number of hydrogen-bond acceptors (Lipinski definition) is 2. The van der Waals surface area contributed by atoms with E-state index in [2.05, 4.69) is 21.0 Å². The van der Waals surface area contributed by atoms with Gasteiger partial charge in [0.05, 0.1) is 5.69 Å². The highest BCUT2D eigenvalue weighted by Crippen LogP contribution is 2.22. The molecule has 0 spiro atoms. The topological polar surface area (TPSA) is 41.6 Å². The number of hydrogen-bond donors (Lipinski definition) is 1. The summed E-state index contributed by atoms with van der Waals surface area (Å²) in [4.78, 5) is 11.2. The molecule has 0 unspecified atom stereocenters. The van der Waals surface area contributed by atoms with Gasteiger partial charge in [0.2, 0.25) is 5.28 Å². The second-order valence-corrected chi connectivity index (χ2v) is 3.83. The van der Waals surface area contributed by atoms with Gasteiger partial charge in [-0.1, -0.05) is 12.1 Å². The molecular weight excluding hydrogens is 222 g/mol. The summed E-state index contributed by atoms with van der Waals surface area (Å²) in [5.74, 6) is 0. The summed E-state index contributed by atoms with van der Waals surface area (Å²) >= 11 is 5.76. The number of fused-ring (bicyclic) bond motifs is 1. The van der Waals surface area contributed by atoms with Gasteiger partial charge in [-0.05, 0) is 35.2 Å². The highest BCUT2D eigenvalue weighted by Gasteiger charge is 2.02. The Kier molecular flexibility index (Phi) is 2.11. The van der Waals surface area contributed by atoms with Crippen LogP contribution in [-0.2, 0) is 0 Å². The van der Waals surface area contributed by atoms with Gasteiger partial charge in [0.15, 0.2) is 0 Å². The number of H-pyrrole nitrogens is 1. The molecule has 3 nitrogen and oxygen atoms in total. The highest BCUT2D eigenvalue weighted by atomic mass is 35.5. The molecule has 0 atom stereocenters. The predicted molar refractivity (Wildman–Crippen MR) is 64.3 cm³/mol. The minimum atomic E-state index is 0.268. The Morgan fingerprint density at radius 3 is 2.94 bits per heavy atom. The van der Waals surface area contributed by atoms with Crippen molar-refractivity contribution in [1.82, 2.24) is 15.0 Å². The smallest absolute Gasteiger partial charge is 0.222 e. The maximum Gasteiger partial charge on any atom is 0.222 e. The molecule has 0 aliphatic heterocycles. The van der Waals surface area contributed by atoms with Gasteiger partial charge >= 0.3 is 0 Å². The normalized spacial score (nSPS) is 10.8. The van der Waals surface area contributed by atoms with E-state index < -0.39 is 0 Å². The summed E-state index contributed by atoms with van der Waals surface area (Å²) in [5.41, 5.74) is 2.95. The van der Waals surface area contributed by atoms with Crippen LogP contribution in [0.1, 0.15) is 0 Å². The molecule has 1 aromatic carbocycles. The minimum Gasteiger partial charge on any atom is -0.361 e. The van der Waals surface area contributed by atoms with Crippen LogP contribution in [0.3, 0.4) is 0 Å². The molecule has 0 saturated carbocycles. The molecular formula is C12H8ClN3. The summed E-state index contributed by atoms with van der Waals surface area (Å²) in [5, 5.41) is 1.45. The van der Waals surface area contributed by atoms with E-state index in [9.17, 15) is 0 Å². The lowest BCUT2D eigenvalue weighted by Crippen LogP contribution is -1.86. The lowest BCUT2D eigenvalue weighted by atomic mass is 10.1. The molecule has 0 bridgehead atoms. The lowest BCUT2D eigenvalue weighted by molar-refractivity contribution is 1.17. The van der Waals surface area contributed by atoms with Gasteiger partial charge in [-0.25, -0.2) is 9.97 Å². The third-order valence-electron chi connectivity index (χ3n) is 2.48. The van der Waals surface area contributed by atoms with Crippen molar-refractivity contribution in [2.24, 2.45) is 0 Å². The highest BCUT2D eigenvalue weighted by molar-refractivity contribution is 6.28. The summed E-state index contributed by atoms with van der Waals surface area (Å²) in [6, 6.07) is 10.0. The first-order valence-electron chi connectivity index (χ1n) is 4.89. The Labute approximate surface area is 97.1 Å². The molecule has 3 aromatic rings. The van der Waals surface area contributed by atoms with E-state index in [1.807, 2.05) is 30.5 Å². The molecule has 4 heteroatoms. The van der Waals surface area contributed by atoms with Crippen molar-refractivity contribution in [2.75, 3.05) is 0 Å². The molecule has 2 heterocycles. The van der Waals surface area contributed by atoms with Crippen molar-refractivity contribution in [2.45, 2.75) is 0 Å². The summed E-state index contributed by atoms with van der Waals surface area (Å²) in [7, 11) is 0. The fourth-order valence-electron chi connectivity index (χ4n) is 1.70. The monoisotopic (exact) mass is 229 g/mol. The molecule has 0 amide bonds. The minimum absolute atomic E-state index is 0.268. The number of nitrogens with zero attached hydrogens (tertiary/aromatic N) is 2. The molecule has 2 aromatic heterocycles. The van der Waals surface area contributed by atoms with Crippen molar-refractivity contribution in [1.29, 1.82) is 0 Å². The standard InChI is InChI=1S/C12H8ClN3/c13-12-15-6-4-10(16-12)9-2-1-8-3-5-14-11(8)7-9/h1-7,14H. The van der Waals surface area contributed by atoms with Gasteiger partial charge in [-0.2, -0.15) is 0 Å². The largest absolute Gasteiger partial charge is 0.361 e. The van der Waals surface area contributed by atoms with Gasteiger partial charge in [0.25, 0.3) is 0 Å². The molecule has 0 aliphatic rings. The lowest BCUT2D eigenvalue weighted by Gasteiger charge is -2.00. The van der Waals surface area contributed by atoms with Gasteiger partial charge in [0.1, 0.15) is 0 Å². The van der Waals surface area contributed by atoms with Crippen LogP contribution in [-0.4, -0.2) is 15.0 Å². The first kappa shape index (κ1) is 9.36. The van der Waals surface area contributed by atoms with E-state index in [1.165, 1.54) is 5.39 Å². The van der Waals surface area contributed by atoms with Crippen LogP contribution in [0.4, 0.5) is 0 Å². The van der Waals surface area contributed by atoms with Gasteiger partial charge in [-0.3, -0.25) is 0 Å². The van der Waals surface area contributed by atoms with E-state index in [4.69, 9.17) is 11.6 Å². The number of halogens is 1. The number of aromatic nitrogens is 3. The van der Waals surface area contributed by atoms with E-state index in [0.29, 0.717) is 0 Å². The van der Waals surface area contributed by atoms with Gasteiger partial charge < -0.3 is 4.98 Å². The van der Waals surface area contributed by atoms with E-state index in [0.717, 1.165) is 16.8 Å². The summed E-state index contributed by atoms with van der Waals surface area (Å²) in [6.07, 6.45) is 3.57. The molecule has 0 saturated heterocycles. The second kappa shape index (κ2) is 3.61. The average Bonchev–Trinajstić information content (AvgIpc) is 2.75.